The van der Waals surface area contributed by atoms with Crippen LogP contribution in [0.5, 0.6) is 0 Å². The highest BCUT2D eigenvalue weighted by Gasteiger charge is 2.33. The zero-order valence-electron chi connectivity index (χ0n) is 16.0. The van der Waals surface area contributed by atoms with E-state index in [0.29, 0.717) is 22.0 Å². The molecule has 30 heavy (non-hydrogen) atoms. The molecular formula is C21H19ClF3NO3S. The standard InChI is InChI=1S/C21H19ClF3NO3S/c1-2-16(26-29-11-15-7-8-19(22)30-15)20-17(27)9-13(10-18(20)28)12-3-5-14(6-4-12)21(23,24)25/h3-8,13,27H,2,9-11H2,1H3/b26-16-. The van der Waals surface area contributed by atoms with Crippen LogP contribution >= 0.6 is 22.9 Å². The summed E-state index contributed by atoms with van der Waals surface area (Å²) in [4.78, 5) is 18.9. The number of benzene rings is 1. The third-order valence-corrected chi connectivity index (χ3v) is 5.99. The van der Waals surface area contributed by atoms with Gasteiger partial charge in [-0.1, -0.05) is 35.8 Å². The molecule has 0 saturated carbocycles. The Morgan fingerprint density at radius 1 is 1.23 bits per heavy atom. The molecule has 0 radical (unpaired) electrons. The molecule has 1 N–H and O–H groups in total. The molecule has 1 atom stereocenters. The number of aliphatic hydroxyl groups is 1. The van der Waals surface area contributed by atoms with Crippen LogP contribution in [0.4, 0.5) is 13.2 Å². The Balaban J connectivity index is 1.74. The zero-order chi connectivity index (χ0) is 21.9. The lowest BCUT2D eigenvalue weighted by Crippen LogP contribution is -2.23. The van der Waals surface area contributed by atoms with Gasteiger partial charge in [0.25, 0.3) is 0 Å². The van der Waals surface area contributed by atoms with E-state index < -0.39 is 17.7 Å². The van der Waals surface area contributed by atoms with Crippen molar-refractivity contribution in [3.63, 3.8) is 0 Å². The average molecular weight is 458 g/mol. The van der Waals surface area contributed by atoms with E-state index in [2.05, 4.69) is 5.16 Å². The van der Waals surface area contributed by atoms with Crippen LogP contribution in [-0.2, 0) is 22.4 Å². The molecule has 9 heteroatoms. The van der Waals surface area contributed by atoms with E-state index >= 15 is 0 Å². The van der Waals surface area contributed by atoms with Crippen LogP contribution in [-0.4, -0.2) is 16.6 Å². The van der Waals surface area contributed by atoms with Crippen molar-refractivity contribution in [2.75, 3.05) is 0 Å². The van der Waals surface area contributed by atoms with Crippen LogP contribution < -0.4 is 0 Å². The summed E-state index contributed by atoms with van der Waals surface area (Å²) in [7, 11) is 0. The van der Waals surface area contributed by atoms with Crippen molar-refractivity contribution in [3.05, 3.63) is 68.1 Å². The number of Topliss-reactive ketones (excluding diaryl/α,β-unsaturated/α-hetero) is 1. The number of oxime groups is 1. The summed E-state index contributed by atoms with van der Waals surface area (Å²) in [5, 5.41) is 14.5. The topological polar surface area (TPSA) is 58.9 Å². The summed E-state index contributed by atoms with van der Waals surface area (Å²) in [6, 6.07) is 8.23. The number of carbonyl (C=O) groups is 1. The highest BCUT2D eigenvalue weighted by atomic mass is 35.5. The number of alkyl halides is 3. The van der Waals surface area contributed by atoms with Crippen molar-refractivity contribution in [2.24, 2.45) is 5.16 Å². The lowest BCUT2D eigenvalue weighted by Gasteiger charge is -2.24. The van der Waals surface area contributed by atoms with Crippen LogP contribution in [0.25, 0.3) is 0 Å². The van der Waals surface area contributed by atoms with E-state index in [4.69, 9.17) is 16.4 Å². The molecule has 160 valence electrons. The van der Waals surface area contributed by atoms with Gasteiger partial charge in [-0.05, 0) is 42.2 Å². The minimum absolute atomic E-state index is 0.0737. The molecule has 1 heterocycles. The van der Waals surface area contributed by atoms with Crippen molar-refractivity contribution in [1.29, 1.82) is 0 Å². The summed E-state index contributed by atoms with van der Waals surface area (Å²) < 4.78 is 38.9. The summed E-state index contributed by atoms with van der Waals surface area (Å²) in [6.45, 7) is 1.98. The van der Waals surface area contributed by atoms with Crippen LogP contribution in [0.2, 0.25) is 4.34 Å². The fourth-order valence-corrected chi connectivity index (χ4v) is 4.29. The van der Waals surface area contributed by atoms with E-state index in [-0.39, 0.29) is 36.6 Å². The molecule has 2 aromatic rings. The smallest absolute Gasteiger partial charge is 0.416 e. The minimum atomic E-state index is -4.42. The van der Waals surface area contributed by atoms with Gasteiger partial charge in [0.15, 0.2) is 12.4 Å². The first kappa shape index (κ1) is 22.4. The molecule has 1 aliphatic carbocycles. The van der Waals surface area contributed by atoms with Crippen molar-refractivity contribution in [3.8, 4) is 0 Å². The first-order valence-electron chi connectivity index (χ1n) is 9.25. The molecule has 0 aliphatic heterocycles. The maximum absolute atomic E-state index is 12.7. The molecular weight excluding hydrogens is 439 g/mol. The third-order valence-electron chi connectivity index (χ3n) is 4.78. The Morgan fingerprint density at radius 3 is 2.47 bits per heavy atom. The normalized spacial score (nSPS) is 18.1. The van der Waals surface area contributed by atoms with E-state index in [1.807, 2.05) is 6.07 Å². The van der Waals surface area contributed by atoms with Crippen molar-refractivity contribution < 1.29 is 27.9 Å². The summed E-state index contributed by atoms with van der Waals surface area (Å²) in [6.07, 6.45) is -3.82. The number of allylic oxidation sites excluding steroid dienone is 2. The van der Waals surface area contributed by atoms with Crippen LogP contribution in [0, 0.1) is 0 Å². The van der Waals surface area contributed by atoms with Gasteiger partial charge in [0.2, 0.25) is 0 Å². The summed E-state index contributed by atoms with van der Waals surface area (Å²) >= 11 is 7.23. The average Bonchev–Trinajstić information content (AvgIpc) is 3.10. The maximum Gasteiger partial charge on any atom is 0.416 e. The molecule has 1 aromatic carbocycles. The van der Waals surface area contributed by atoms with E-state index in [0.717, 1.165) is 17.0 Å². The fourth-order valence-electron chi connectivity index (χ4n) is 3.29. The Bertz CT molecular complexity index is 980. The van der Waals surface area contributed by atoms with Crippen molar-refractivity contribution in [1.82, 2.24) is 0 Å². The highest BCUT2D eigenvalue weighted by Crippen LogP contribution is 2.36. The zero-order valence-corrected chi connectivity index (χ0v) is 17.6. The number of thiophene rings is 1. The minimum Gasteiger partial charge on any atom is -0.511 e. The first-order chi connectivity index (χ1) is 14.2. The lowest BCUT2D eigenvalue weighted by molar-refractivity contribution is -0.137. The summed E-state index contributed by atoms with van der Waals surface area (Å²) in [5.41, 5.74) is 0.289. The number of carbonyl (C=O) groups excluding carboxylic acids is 1. The Labute approximate surface area is 180 Å². The second-order valence-electron chi connectivity index (χ2n) is 6.84. The number of nitrogens with zero attached hydrogens (tertiary/aromatic N) is 1. The van der Waals surface area contributed by atoms with Gasteiger partial charge in [-0.2, -0.15) is 13.2 Å². The van der Waals surface area contributed by atoms with E-state index in [1.54, 1.807) is 13.0 Å². The Kier molecular flexibility index (Phi) is 6.88. The van der Waals surface area contributed by atoms with Gasteiger partial charge in [0.05, 0.1) is 21.2 Å². The fraction of sp³-hybridized carbons (Fsp3) is 0.333. The molecule has 0 bridgehead atoms. The quantitative estimate of drug-likeness (QED) is 0.389. The van der Waals surface area contributed by atoms with Crippen molar-refractivity contribution >= 4 is 34.4 Å². The molecule has 3 rings (SSSR count). The van der Waals surface area contributed by atoms with Crippen molar-refractivity contribution in [2.45, 2.75) is 44.9 Å². The summed E-state index contributed by atoms with van der Waals surface area (Å²) in [5.74, 6) is -0.831. The molecule has 4 nitrogen and oxygen atoms in total. The molecule has 1 aliphatic rings. The second kappa shape index (κ2) is 9.22. The van der Waals surface area contributed by atoms with E-state index in [1.165, 1.54) is 23.5 Å². The number of ketones is 1. The molecule has 1 aromatic heterocycles. The van der Waals surface area contributed by atoms with Gasteiger partial charge < -0.3 is 9.94 Å². The van der Waals surface area contributed by atoms with Gasteiger partial charge in [0, 0.05) is 17.7 Å². The molecule has 0 fully saturated rings. The van der Waals surface area contributed by atoms with Gasteiger partial charge in [-0.25, -0.2) is 0 Å². The lowest BCUT2D eigenvalue weighted by atomic mass is 9.81. The van der Waals surface area contributed by atoms with Crippen LogP contribution in [0.1, 0.15) is 48.1 Å². The van der Waals surface area contributed by atoms with Crippen LogP contribution in [0.3, 0.4) is 0 Å². The van der Waals surface area contributed by atoms with Gasteiger partial charge in [-0.15, -0.1) is 11.3 Å². The predicted molar refractivity (Wildman–Crippen MR) is 110 cm³/mol. The van der Waals surface area contributed by atoms with Gasteiger partial charge in [0.1, 0.15) is 5.76 Å². The largest absolute Gasteiger partial charge is 0.511 e. The van der Waals surface area contributed by atoms with Gasteiger partial charge >= 0.3 is 6.18 Å². The number of rotatable bonds is 6. The number of halogens is 4. The second-order valence-corrected chi connectivity index (χ2v) is 8.64. The SMILES string of the molecule is CC/C(=N/OCc1ccc(Cl)s1)C1=C(O)CC(c2ccc(C(F)(F)F)cc2)CC1=O. The predicted octanol–water partition coefficient (Wildman–Crippen LogP) is 6.66. The Hall–Kier alpha value is -2.32. The highest BCUT2D eigenvalue weighted by molar-refractivity contribution is 7.16. The first-order valence-corrected chi connectivity index (χ1v) is 10.4. The number of hydrogen-bond acceptors (Lipinski definition) is 5. The maximum atomic E-state index is 12.7. The molecule has 0 saturated heterocycles. The molecule has 1 unspecified atom stereocenters. The third kappa shape index (κ3) is 5.23. The molecule has 0 spiro atoms. The van der Waals surface area contributed by atoms with Crippen LogP contribution in [0.15, 0.2) is 52.9 Å². The monoisotopic (exact) mass is 457 g/mol. The number of aliphatic hydroxyl groups excluding tert-OH is 1. The van der Waals surface area contributed by atoms with E-state index in [9.17, 15) is 23.1 Å². The molecule has 0 amide bonds. The Morgan fingerprint density at radius 2 is 1.93 bits per heavy atom. The van der Waals surface area contributed by atoms with Gasteiger partial charge in [-0.3, -0.25) is 4.79 Å². The number of hydrogen-bond donors (Lipinski definition) is 1.